The molecule has 8 nitrogen and oxygen atoms in total. The Morgan fingerprint density at radius 3 is 2.57 bits per heavy atom. The highest BCUT2D eigenvalue weighted by Gasteiger charge is 2.43. The molecular weight excluding hydrogens is 508 g/mol. The van der Waals surface area contributed by atoms with Crippen molar-refractivity contribution < 1.29 is 17.9 Å². The third-order valence-electron chi connectivity index (χ3n) is 6.25. The maximum absolute atomic E-state index is 13.6. The normalized spacial score (nSPS) is 16.4. The van der Waals surface area contributed by atoms with Crippen LogP contribution >= 0.6 is 11.8 Å². The molecular formula is C27H28N4O4S2. The summed E-state index contributed by atoms with van der Waals surface area (Å²) in [7, 11) is -3.81. The number of aromatic nitrogens is 2. The molecule has 1 N–H and O–H groups in total. The molecule has 10 heteroatoms. The molecule has 37 heavy (non-hydrogen) atoms. The molecule has 5 rings (SSSR count). The molecule has 1 aliphatic heterocycles. The second kappa shape index (κ2) is 10.6. The number of rotatable bonds is 8. The average molecular weight is 537 g/mol. The van der Waals surface area contributed by atoms with Crippen LogP contribution in [-0.2, 0) is 14.8 Å². The van der Waals surface area contributed by atoms with Crippen molar-refractivity contribution in [2.24, 2.45) is 0 Å². The first-order valence-electron chi connectivity index (χ1n) is 12.0. The number of fused-ring (bicyclic) bond motifs is 1. The Morgan fingerprint density at radius 1 is 1.08 bits per heavy atom. The molecule has 1 saturated heterocycles. The summed E-state index contributed by atoms with van der Waals surface area (Å²) < 4.78 is 34.2. The highest BCUT2D eigenvalue weighted by atomic mass is 32.2. The molecule has 3 aromatic carbocycles. The minimum Gasteiger partial charge on any atom is -0.494 e. The van der Waals surface area contributed by atoms with E-state index in [-0.39, 0.29) is 23.1 Å². The summed E-state index contributed by atoms with van der Waals surface area (Å²) in [5.74, 6) is 0.722. The van der Waals surface area contributed by atoms with Gasteiger partial charge >= 0.3 is 0 Å². The van der Waals surface area contributed by atoms with E-state index in [4.69, 9.17) is 4.74 Å². The number of benzene rings is 3. The number of H-pyrrole nitrogens is 1. The number of nitrogens with zero attached hydrogens (tertiary/aromatic N) is 3. The number of ether oxygens (including phenoxy) is 1. The second-order valence-corrected chi connectivity index (χ2v) is 11.6. The van der Waals surface area contributed by atoms with E-state index in [0.29, 0.717) is 18.3 Å². The van der Waals surface area contributed by atoms with Crippen molar-refractivity contribution in [2.45, 2.75) is 30.1 Å². The van der Waals surface area contributed by atoms with E-state index < -0.39 is 16.2 Å². The van der Waals surface area contributed by atoms with Gasteiger partial charge in [-0.25, -0.2) is 13.4 Å². The first-order chi connectivity index (χ1) is 17.9. The van der Waals surface area contributed by atoms with E-state index in [9.17, 15) is 13.2 Å². The zero-order valence-electron chi connectivity index (χ0n) is 20.6. The maximum Gasteiger partial charge on any atom is 0.245 e. The quantitative estimate of drug-likeness (QED) is 0.331. The van der Waals surface area contributed by atoms with Crippen molar-refractivity contribution in [1.82, 2.24) is 19.2 Å². The van der Waals surface area contributed by atoms with E-state index in [1.165, 1.54) is 16.1 Å². The molecule has 1 aromatic heterocycles. The summed E-state index contributed by atoms with van der Waals surface area (Å²) in [6, 6.07) is 21.7. The summed E-state index contributed by atoms with van der Waals surface area (Å²) >= 11 is 1.30. The van der Waals surface area contributed by atoms with E-state index in [0.717, 1.165) is 27.9 Å². The van der Waals surface area contributed by atoms with Crippen LogP contribution in [0.4, 0.5) is 0 Å². The topological polar surface area (TPSA) is 95.6 Å². The number of aromatic amines is 1. The Balaban J connectivity index is 1.37. The monoisotopic (exact) mass is 536 g/mol. The van der Waals surface area contributed by atoms with Gasteiger partial charge in [0, 0.05) is 19.2 Å². The molecule has 0 saturated carbocycles. The molecule has 2 heterocycles. The van der Waals surface area contributed by atoms with Gasteiger partial charge in [-0.05, 0) is 43.7 Å². The Bertz CT molecular complexity index is 1500. The van der Waals surface area contributed by atoms with Crippen molar-refractivity contribution in [1.29, 1.82) is 0 Å². The van der Waals surface area contributed by atoms with Crippen LogP contribution in [0.15, 0.2) is 82.8 Å². The number of hydrogen-bond acceptors (Lipinski definition) is 6. The minimum atomic E-state index is -3.81. The van der Waals surface area contributed by atoms with Crippen molar-refractivity contribution in [2.75, 3.05) is 25.4 Å². The highest BCUT2D eigenvalue weighted by molar-refractivity contribution is 7.99. The molecule has 0 unspecified atom stereocenters. The van der Waals surface area contributed by atoms with Gasteiger partial charge in [-0.2, -0.15) is 4.31 Å². The van der Waals surface area contributed by atoms with Crippen molar-refractivity contribution in [3.05, 3.63) is 83.9 Å². The summed E-state index contributed by atoms with van der Waals surface area (Å²) in [6.45, 7) is 4.94. The lowest BCUT2D eigenvalue weighted by molar-refractivity contribution is -0.130. The second-order valence-electron chi connectivity index (χ2n) is 8.74. The van der Waals surface area contributed by atoms with Gasteiger partial charge < -0.3 is 14.6 Å². The molecule has 192 valence electrons. The van der Waals surface area contributed by atoms with Crippen LogP contribution < -0.4 is 4.74 Å². The number of carbonyl (C=O) groups is 1. The zero-order chi connectivity index (χ0) is 26.0. The average Bonchev–Trinajstić information content (AvgIpc) is 3.53. The molecule has 0 aliphatic carbocycles. The molecule has 1 atom stereocenters. The third kappa shape index (κ3) is 5.22. The zero-order valence-corrected chi connectivity index (χ0v) is 22.3. The predicted octanol–water partition coefficient (Wildman–Crippen LogP) is 4.59. The van der Waals surface area contributed by atoms with Gasteiger partial charge in [0.25, 0.3) is 0 Å². The molecule has 0 bridgehead atoms. The van der Waals surface area contributed by atoms with E-state index in [1.807, 2.05) is 62.4 Å². The number of aryl methyl sites for hydroxylation is 1. The third-order valence-corrected chi connectivity index (χ3v) is 8.98. The van der Waals surface area contributed by atoms with Crippen LogP contribution in [0, 0.1) is 6.92 Å². The number of imidazole rings is 1. The smallest absolute Gasteiger partial charge is 0.245 e. The number of nitrogens with one attached hydrogen (secondary N) is 1. The minimum absolute atomic E-state index is 0.125. The Morgan fingerprint density at radius 2 is 1.84 bits per heavy atom. The van der Waals surface area contributed by atoms with Crippen molar-refractivity contribution in [3.63, 3.8) is 0 Å². The van der Waals surface area contributed by atoms with Crippen LogP contribution in [0.25, 0.3) is 11.0 Å². The van der Waals surface area contributed by atoms with Gasteiger partial charge in [-0.3, -0.25) is 4.79 Å². The van der Waals surface area contributed by atoms with Gasteiger partial charge in [-0.15, -0.1) is 0 Å². The number of carbonyl (C=O) groups excluding carboxylic acids is 1. The SMILES string of the molecule is CCOc1ccc2nc(SCC(=O)N3CCN(S(=O)(=O)c4ccc(C)cc4)[C@H]3c3ccccc3)[nH]c2c1. The largest absolute Gasteiger partial charge is 0.494 e. The van der Waals surface area contributed by atoms with E-state index in [2.05, 4.69) is 9.97 Å². The number of hydrogen-bond donors (Lipinski definition) is 1. The summed E-state index contributed by atoms with van der Waals surface area (Å²) in [5.41, 5.74) is 3.35. The van der Waals surface area contributed by atoms with E-state index in [1.54, 1.807) is 29.2 Å². The van der Waals surface area contributed by atoms with Gasteiger partial charge in [0.1, 0.15) is 11.9 Å². The van der Waals surface area contributed by atoms with Gasteiger partial charge in [0.2, 0.25) is 15.9 Å². The molecule has 1 fully saturated rings. The van der Waals surface area contributed by atoms with Gasteiger partial charge in [0.15, 0.2) is 5.16 Å². The Hall–Kier alpha value is -3.34. The van der Waals surface area contributed by atoms with Crippen molar-refractivity contribution in [3.8, 4) is 5.75 Å². The fourth-order valence-corrected chi connectivity index (χ4v) is 6.78. The Labute approximate surface area is 220 Å². The van der Waals surface area contributed by atoms with Crippen LogP contribution in [0.1, 0.15) is 24.2 Å². The van der Waals surface area contributed by atoms with Gasteiger partial charge in [-0.1, -0.05) is 59.8 Å². The first kappa shape index (κ1) is 25.3. The number of thioether (sulfide) groups is 1. The first-order valence-corrected chi connectivity index (χ1v) is 14.5. The summed E-state index contributed by atoms with van der Waals surface area (Å²) in [4.78, 5) is 23.1. The molecule has 1 aliphatic rings. The highest BCUT2D eigenvalue weighted by Crippen LogP contribution is 2.36. The fourth-order valence-electron chi connectivity index (χ4n) is 4.44. The predicted molar refractivity (Wildman–Crippen MR) is 144 cm³/mol. The summed E-state index contributed by atoms with van der Waals surface area (Å²) in [6.07, 6.45) is -0.718. The van der Waals surface area contributed by atoms with Crippen LogP contribution in [0.5, 0.6) is 5.75 Å². The molecule has 1 amide bonds. The molecule has 0 radical (unpaired) electrons. The van der Waals surface area contributed by atoms with Gasteiger partial charge in [0.05, 0.1) is 28.3 Å². The Kier molecular flexibility index (Phi) is 7.23. The lowest BCUT2D eigenvalue weighted by Crippen LogP contribution is -2.38. The molecule has 4 aromatic rings. The van der Waals surface area contributed by atoms with Crippen LogP contribution in [-0.4, -0.2) is 58.9 Å². The standard InChI is InChI=1S/C27H28N4O4S2/c1-3-35-21-11-14-23-24(17-21)29-27(28-23)36-18-25(32)30-15-16-31(26(30)20-7-5-4-6-8-20)37(33,34)22-12-9-19(2)10-13-22/h4-14,17,26H,3,15-16,18H2,1-2H3,(H,28,29)/t26-/m0/s1. The number of amides is 1. The van der Waals surface area contributed by atoms with E-state index >= 15 is 0 Å². The van der Waals surface area contributed by atoms with Crippen LogP contribution in [0.3, 0.4) is 0 Å². The lowest BCUT2D eigenvalue weighted by atomic mass is 10.1. The summed E-state index contributed by atoms with van der Waals surface area (Å²) in [5, 5.41) is 0.622. The number of sulfonamides is 1. The lowest BCUT2D eigenvalue weighted by Gasteiger charge is -2.30. The molecule has 0 spiro atoms. The van der Waals surface area contributed by atoms with Crippen LogP contribution in [0.2, 0.25) is 0 Å². The fraction of sp³-hybridized carbons (Fsp3) is 0.259. The van der Waals surface area contributed by atoms with Crippen molar-refractivity contribution >= 4 is 38.7 Å². The maximum atomic E-state index is 13.6.